The Labute approximate surface area is 226 Å². The molecule has 6 rings (SSSR count). The van der Waals surface area contributed by atoms with E-state index in [0.717, 1.165) is 56.9 Å². The maximum Gasteiger partial charge on any atom is 0.310 e. The number of fused-ring (bicyclic) bond motifs is 2. The molecule has 0 amide bonds. The fourth-order valence-corrected chi connectivity index (χ4v) is 4.91. The van der Waals surface area contributed by atoms with Crippen LogP contribution < -0.4 is 15.2 Å². The van der Waals surface area contributed by atoms with Crippen molar-refractivity contribution in [2.45, 2.75) is 38.8 Å². The Bertz CT molecular complexity index is 1690. The number of nitrogens with two attached hydrogens (primary N) is 1. The first-order chi connectivity index (χ1) is 19.0. The van der Waals surface area contributed by atoms with Crippen molar-refractivity contribution in [1.82, 2.24) is 14.8 Å². The lowest BCUT2D eigenvalue weighted by atomic mass is 10.00. The minimum atomic E-state index is -0.299. The highest BCUT2D eigenvalue weighted by atomic mass is 16.5. The normalized spacial score (nSPS) is 13.1. The maximum atomic E-state index is 12.2. The Kier molecular flexibility index (Phi) is 6.52. The lowest BCUT2D eigenvalue weighted by molar-refractivity contribution is -0.142. The molecule has 0 aliphatic heterocycles. The molecule has 0 spiro atoms. The van der Waals surface area contributed by atoms with Crippen molar-refractivity contribution in [3.8, 4) is 22.6 Å². The van der Waals surface area contributed by atoms with Gasteiger partial charge in [-0.25, -0.2) is 4.98 Å². The van der Waals surface area contributed by atoms with Crippen LogP contribution in [0.15, 0.2) is 66.9 Å². The molecule has 8 nitrogen and oxygen atoms in total. The average Bonchev–Trinajstić information content (AvgIpc) is 3.73. The smallest absolute Gasteiger partial charge is 0.310 e. The van der Waals surface area contributed by atoms with Gasteiger partial charge in [0, 0.05) is 28.6 Å². The van der Waals surface area contributed by atoms with Crippen LogP contribution in [0.2, 0.25) is 0 Å². The van der Waals surface area contributed by atoms with Gasteiger partial charge in [0.25, 0.3) is 0 Å². The van der Waals surface area contributed by atoms with Crippen molar-refractivity contribution in [1.29, 1.82) is 0 Å². The molecule has 0 saturated heterocycles. The van der Waals surface area contributed by atoms with Crippen LogP contribution in [0.3, 0.4) is 0 Å². The van der Waals surface area contributed by atoms with E-state index in [9.17, 15) is 4.79 Å². The number of hydrogen-bond donors (Lipinski definition) is 1. The molecule has 1 saturated carbocycles. The van der Waals surface area contributed by atoms with E-state index in [-0.39, 0.29) is 19.0 Å². The zero-order chi connectivity index (χ0) is 26.9. The summed E-state index contributed by atoms with van der Waals surface area (Å²) < 4.78 is 19.0. The minimum Gasteiger partial charge on any atom is -0.497 e. The molecule has 1 fully saturated rings. The van der Waals surface area contributed by atoms with Gasteiger partial charge in [0.2, 0.25) is 0 Å². The molecule has 2 aromatic heterocycles. The highest BCUT2D eigenvalue weighted by molar-refractivity contribution is 5.95. The molecular weight excluding hydrogens is 492 g/mol. The van der Waals surface area contributed by atoms with Crippen LogP contribution in [0.5, 0.6) is 11.5 Å². The Morgan fingerprint density at radius 1 is 1.03 bits per heavy atom. The first-order valence-electron chi connectivity index (χ1n) is 13.1. The van der Waals surface area contributed by atoms with Crippen LogP contribution in [0.25, 0.3) is 32.8 Å². The van der Waals surface area contributed by atoms with E-state index in [2.05, 4.69) is 46.1 Å². The molecule has 1 aliphatic carbocycles. The number of nitrogens with zero attached hydrogens (tertiary/aromatic N) is 3. The van der Waals surface area contributed by atoms with Crippen molar-refractivity contribution in [3.05, 3.63) is 78.1 Å². The number of methoxy groups -OCH3 is 1. The standard InChI is InChI=1S/C31H30N4O4/c1-3-38-30(36)16-22-6-10-24(37-2)17-29(22)39-18-27-26-15-21(7-11-28(26)35(34-27)23-8-9-23)20-5-4-19-12-13-33-31(32)25(19)14-20/h4-7,10-15,17,23H,3,8-9,16,18H2,1-2H3,(H2,32,33). The molecule has 0 unspecified atom stereocenters. The summed E-state index contributed by atoms with van der Waals surface area (Å²) in [5.74, 6) is 1.44. The zero-order valence-corrected chi connectivity index (χ0v) is 22.0. The molecule has 2 heterocycles. The summed E-state index contributed by atoms with van der Waals surface area (Å²) in [5.41, 5.74) is 10.9. The molecule has 39 heavy (non-hydrogen) atoms. The molecule has 0 bridgehead atoms. The van der Waals surface area contributed by atoms with Gasteiger partial charge in [0.15, 0.2) is 0 Å². The molecule has 0 atom stereocenters. The third-order valence-corrected chi connectivity index (χ3v) is 7.08. The van der Waals surface area contributed by atoms with Crippen LogP contribution >= 0.6 is 0 Å². The number of ether oxygens (including phenoxy) is 3. The van der Waals surface area contributed by atoms with E-state index >= 15 is 0 Å². The summed E-state index contributed by atoms with van der Waals surface area (Å²) in [6.45, 7) is 2.37. The summed E-state index contributed by atoms with van der Waals surface area (Å²) in [6, 6.07) is 20.5. The fourth-order valence-electron chi connectivity index (χ4n) is 4.91. The number of anilines is 1. The quantitative estimate of drug-likeness (QED) is 0.242. The summed E-state index contributed by atoms with van der Waals surface area (Å²) in [5, 5.41) is 7.99. The SMILES string of the molecule is CCOC(=O)Cc1ccc(OC)cc1OCc1nn(C2CC2)c2ccc(-c3ccc4ccnc(N)c4c3)cc12. The number of carbonyl (C=O) groups excluding carboxylic acids is 1. The summed E-state index contributed by atoms with van der Waals surface area (Å²) in [7, 11) is 1.60. The van der Waals surface area contributed by atoms with E-state index in [1.165, 1.54) is 0 Å². The molecule has 198 valence electrons. The molecular formula is C31H30N4O4. The number of nitrogen functional groups attached to an aromatic ring is 1. The van der Waals surface area contributed by atoms with Crippen molar-refractivity contribution in [2.75, 3.05) is 19.5 Å². The molecule has 2 N–H and O–H groups in total. The van der Waals surface area contributed by atoms with Crippen LogP contribution in [0, 0.1) is 0 Å². The fraction of sp³-hybridized carbons (Fsp3) is 0.258. The largest absolute Gasteiger partial charge is 0.497 e. The predicted octanol–water partition coefficient (Wildman–Crippen LogP) is 5.86. The second kappa shape index (κ2) is 10.3. The number of benzene rings is 3. The molecule has 5 aromatic rings. The first kappa shape index (κ1) is 24.7. The maximum absolute atomic E-state index is 12.2. The van der Waals surface area contributed by atoms with Gasteiger partial charge in [-0.1, -0.05) is 24.3 Å². The number of rotatable bonds is 9. The Morgan fingerprint density at radius 2 is 1.82 bits per heavy atom. The van der Waals surface area contributed by atoms with E-state index in [0.29, 0.717) is 30.0 Å². The number of hydrogen-bond acceptors (Lipinski definition) is 7. The summed E-state index contributed by atoms with van der Waals surface area (Å²) >= 11 is 0. The summed E-state index contributed by atoms with van der Waals surface area (Å²) in [4.78, 5) is 16.4. The Hall–Kier alpha value is -4.59. The van der Waals surface area contributed by atoms with E-state index < -0.39 is 0 Å². The van der Waals surface area contributed by atoms with Gasteiger partial charge in [0.1, 0.15) is 29.6 Å². The van der Waals surface area contributed by atoms with Gasteiger partial charge < -0.3 is 19.9 Å². The van der Waals surface area contributed by atoms with Gasteiger partial charge in [-0.2, -0.15) is 5.10 Å². The molecule has 1 aliphatic rings. The highest BCUT2D eigenvalue weighted by Gasteiger charge is 2.27. The minimum absolute atomic E-state index is 0.120. The van der Waals surface area contributed by atoms with Crippen molar-refractivity contribution in [2.24, 2.45) is 0 Å². The number of esters is 1. The van der Waals surface area contributed by atoms with Gasteiger partial charge in [-0.15, -0.1) is 0 Å². The Morgan fingerprint density at radius 3 is 2.59 bits per heavy atom. The van der Waals surface area contributed by atoms with Crippen LogP contribution in [0.4, 0.5) is 5.82 Å². The number of pyridine rings is 1. The van der Waals surface area contributed by atoms with Crippen molar-refractivity contribution < 1.29 is 19.0 Å². The molecule has 0 radical (unpaired) electrons. The zero-order valence-electron chi connectivity index (χ0n) is 22.0. The number of carbonyl (C=O) groups is 1. The monoisotopic (exact) mass is 522 g/mol. The van der Waals surface area contributed by atoms with E-state index in [1.54, 1.807) is 26.3 Å². The highest BCUT2D eigenvalue weighted by Crippen LogP contribution is 2.39. The van der Waals surface area contributed by atoms with Crippen molar-refractivity contribution >= 4 is 33.5 Å². The first-order valence-corrected chi connectivity index (χ1v) is 13.1. The average molecular weight is 523 g/mol. The molecule has 3 aromatic carbocycles. The third kappa shape index (κ3) is 4.97. The third-order valence-electron chi connectivity index (χ3n) is 7.08. The lowest BCUT2D eigenvalue weighted by Gasteiger charge is -2.12. The topological polar surface area (TPSA) is 101 Å². The second-order valence-corrected chi connectivity index (χ2v) is 9.73. The van der Waals surface area contributed by atoms with Crippen LogP contribution in [0.1, 0.15) is 37.1 Å². The summed E-state index contributed by atoms with van der Waals surface area (Å²) in [6.07, 6.45) is 4.08. The van der Waals surface area contributed by atoms with Crippen molar-refractivity contribution in [3.63, 3.8) is 0 Å². The lowest BCUT2D eigenvalue weighted by Crippen LogP contribution is -2.09. The van der Waals surface area contributed by atoms with Gasteiger partial charge in [0.05, 0.1) is 31.7 Å². The number of aromatic nitrogens is 3. The van der Waals surface area contributed by atoms with Gasteiger partial charge >= 0.3 is 5.97 Å². The van der Waals surface area contributed by atoms with E-state index in [4.69, 9.17) is 25.0 Å². The second-order valence-electron chi connectivity index (χ2n) is 9.73. The van der Waals surface area contributed by atoms with E-state index in [1.807, 2.05) is 18.2 Å². The van der Waals surface area contributed by atoms with Crippen LogP contribution in [-0.2, 0) is 22.6 Å². The van der Waals surface area contributed by atoms with Gasteiger partial charge in [-0.3, -0.25) is 9.48 Å². The Balaban J connectivity index is 1.36. The van der Waals surface area contributed by atoms with Gasteiger partial charge in [-0.05, 0) is 66.6 Å². The molecule has 8 heteroatoms. The predicted molar refractivity (Wildman–Crippen MR) is 151 cm³/mol. The van der Waals surface area contributed by atoms with Crippen LogP contribution in [-0.4, -0.2) is 34.5 Å².